The molecule has 2 saturated heterocycles. The zero-order valence-corrected chi connectivity index (χ0v) is 29.6. The highest BCUT2D eigenvalue weighted by molar-refractivity contribution is 6.32. The summed E-state index contributed by atoms with van der Waals surface area (Å²) in [7, 11) is 0. The quantitative estimate of drug-likeness (QED) is 0.272. The van der Waals surface area contributed by atoms with Gasteiger partial charge in [0.2, 0.25) is 0 Å². The molecule has 1 aromatic carbocycles. The fraction of sp³-hybridized carbons (Fsp3) is 0.692. The van der Waals surface area contributed by atoms with Crippen LogP contribution >= 0.6 is 11.6 Å². The lowest BCUT2D eigenvalue weighted by atomic mass is 9.34. The van der Waals surface area contributed by atoms with E-state index in [4.69, 9.17) is 25.8 Å². The van der Waals surface area contributed by atoms with Crippen LogP contribution in [0.3, 0.4) is 0 Å². The lowest BCUT2D eigenvalue weighted by molar-refractivity contribution is -0.471. The number of ether oxygens (including phenoxy) is 3. The van der Waals surface area contributed by atoms with Crippen LogP contribution in [0.2, 0.25) is 5.02 Å². The van der Waals surface area contributed by atoms with Crippen molar-refractivity contribution in [1.29, 1.82) is 0 Å². The molecule has 0 amide bonds. The minimum atomic E-state index is -1.23. The van der Waals surface area contributed by atoms with Crippen LogP contribution in [0.15, 0.2) is 30.4 Å². The van der Waals surface area contributed by atoms with E-state index in [9.17, 15) is 15.3 Å². The van der Waals surface area contributed by atoms with Gasteiger partial charge in [-0.3, -0.25) is 0 Å². The number of hydrogen-bond acceptors (Lipinski definition) is 6. The van der Waals surface area contributed by atoms with Gasteiger partial charge in [-0.2, -0.15) is 0 Å². The molecule has 254 valence electrons. The van der Waals surface area contributed by atoms with E-state index < -0.39 is 51.4 Å². The van der Waals surface area contributed by atoms with Crippen molar-refractivity contribution in [2.75, 3.05) is 6.61 Å². The van der Waals surface area contributed by atoms with Crippen molar-refractivity contribution < 1.29 is 29.5 Å². The zero-order chi connectivity index (χ0) is 33.6. The summed E-state index contributed by atoms with van der Waals surface area (Å²) in [4.78, 5) is 3.92. The molecule has 47 heavy (non-hydrogen) atoms. The standard InChI is InChI=1S/C39H50ClNO6/c1-17(2)30-29(43)33-37(16-42)25(45-30)11-12-35(8)36(9)22(10-13-38(35,37)47-33)31-27-26-24(41-32(27)36)15-23(40)21-14-18(3)19(4)39(44,28(21)26)20(5)34(6,7)46-31/h15,19-20,22,25,29-31,33,41-44H,1,3,10-14,16H2,2,4-9H3. The number of H-pyrrole nitrogens is 1. The molecule has 13 unspecified atom stereocenters. The summed E-state index contributed by atoms with van der Waals surface area (Å²) in [5, 5.41) is 37.7. The molecule has 0 radical (unpaired) electrons. The average Bonchev–Trinajstić information content (AvgIpc) is 3.48. The Morgan fingerprint density at radius 1 is 1.13 bits per heavy atom. The molecule has 2 saturated carbocycles. The third kappa shape index (κ3) is 3.01. The maximum Gasteiger partial charge on any atom is 0.111 e. The number of hydrogen-bond donors (Lipinski definition) is 4. The summed E-state index contributed by atoms with van der Waals surface area (Å²) in [5.41, 5.74) is 2.68. The Hall–Kier alpha value is -1.71. The molecule has 7 aliphatic rings. The molecule has 8 heteroatoms. The van der Waals surface area contributed by atoms with Gasteiger partial charge in [-0.25, -0.2) is 0 Å². The Bertz CT molecular complexity index is 1790. The first-order valence-corrected chi connectivity index (χ1v) is 18.1. The predicted molar refractivity (Wildman–Crippen MR) is 180 cm³/mol. The third-order valence-electron chi connectivity index (χ3n) is 15.9. The van der Waals surface area contributed by atoms with E-state index in [0.717, 1.165) is 70.1 Å². The summed E-state index contributed by atoms with van der Waals surface area (Å²) >= 11 is 7.12. The van der Waals surface area contributed by atoms with Crippen LogP contribution in [0.4, 0.5) is 0 Å². The lowest BCUT2D eigenvalue weighted by Crippen LogP contribution is -2.89. The molecule has 13 atom stereocenters. The van der Waals surface area contributed by atoms with Crippen LogP contribution in [-0.2, 0) is 31.6 Å². The molecule has 4 aliphatic carbocycles. The van der Waals surface area contributed by atoms with Gasteiger partial charge in [0.05, 0.1) is 35.4 Å². The Morgan fingerprint density at radius 3 is 2.53 bits per heavy atom. The van der Waals surface area contributed by atoms with E-state index in [1.807, 2.05) is 13.0 Å². The van der Waals surface area contributed by atoms with Gasteiger partial charge in [0.15, 0.2) is 0 Å². The molecule has 2 aromatic rings. The predicted octanol–water partition coefficient (Wildman–Crippen LogP) is 6.55. The minimum absolute atomic E-state index is 0.111. The van der Waals surface area contributed by atoms with Crippen molar-refractivity contribution >= 4 is 22.5 Å². The van der Waals surface area contributed by atoms with Crippen LogP contribution in [-0.4, -0.2) is 62.5 Å². The number of aromatic amines is 1. The van der Waals surface area contributed by atoms with Crippen molar-refractivity contribution in [3.05, 3.63) is 57.8 Å². The summed E-state index contributed by atoms with van der Waals surface area (Å²) in [6, 6.07) is 2.04. The zero-order valence-electron chi connectivity index (χ0n) is 28.8. The van der Waals surface area contributed by atoms with E-state index in [-0.39, 0.29) is 36.6 Å². The molecular formula is C39H50ClNO6. The molecule has 1 aromatic heterocycles. The molecule has 9 rings (SSSR count). The molecule has 4 N–H and O–H groups in total. The number of halogens is 1. The van der Waals surface area contributed by atoms with Crippen molar-refractivity contribution in [3.8, 4) is 0 Å². The fourth-order valence-electron chi connectivity index (χ4n) is 13.0. The topological polar surface area (TPSA) is 104 Å². The summed E-state index contributed by atoms with van der Waals surface area (Å²) in [6.45, 7) is 23.5. The lowest BCUT2D eigenvalue weighted by Gasteiger charge is -2.80. The monoisotopic (exact) mass is 663 g/mol. The molecule has 0 bridgehead atoms. The van der Waals surface area contributed by atoms with E-state index in [1.165, 1.54) is 0 Å². The van der Waals surface area contributed by atoms with Crippen molar-refractivity contribution in [2.24, 2.45) is 28.6 Å². The Labute approximate surface area is 282 Å². The fourth-order valence-corrected chi connectivity index (χ4v) is 13.3. The second-order valence-electron chi connectivity index (χ2n) is 17.5. The molecule has 4 heterocycles. The van der Waals surface area contributed by atoms with Crippen LogP contribution < -0.4 is 0 Å². The van der Waals surface area contributed by atoms with Crippen molar-refractivity contribution in [3.63, 3.8) is 0 Å². The molecule has 3 aliphatic heterocycles. The Balaban J connectivity index is 1.30. The van der Waals surface area contributed by atoms with Gasteiger partial charge in [-0.15, -0.1) is 0 Å². The number of benzene rings is 1. The van der Waals surface area contributed by atoms with Crippen LogP contribution in [0, 0.1) is 28.6 Å². The molecule has 7 nitrogen and oxygen atoms in total. The molecule has 4 fully saturated rings. The van der Waals surface area contributed by atoms with Gasteiger partial charge < -0.3 is 34.5 Å². The Kier molecular flexibility index (Phi) is 5.96. The molecular weight excluding hydrogens is 614 g/mol. The van der Waals surface area contributed by atoms with E-state index in [2.05, 4.69) is 59.7 Å². The average molecular weight is 664 g/mol. The number of aliphatic hydroxyl groups is 3. The highest BCUT2D eigenvalue weighted by atomic mass is 35.5. The number of nitrogens with one attached hydrogen (secondary N) is 1. The number of aliphatic hydroxyl groups excluding tert-OH is 2. The van der Waals surface area contributed by atoms with Crippen LogP contribution in [0.1, 0.15) is 103 Å². The van der Waals surface area contributed by atoms with Crippen LogP contribution in [0.25, 0.3) is 10.9 Å². The summed E-state index contributed by atoms with van der Waals surface area (Å²) in [5.74, 6) is -0.300. The number of aromatic nitrogens is 1. The first-order chi connectivity index (χ1) is 22.0. The minimum Gasteiger partial charge on any atom is -0.395 e. The van der Waals surface area contributed by atoms with Gasteiger partial charge in [-0.1, -0.05) is 58.0 Å². The third-order valence-corrected chi connectivity index (χ3v) is 16.2. The number of fused-ring (bicyclic) bond motifs is 4. The highest BCUT2D eigenvalue weighted by Gasteiger charge is 2.86. The largest absolute Gasteiger partial charge is 0.395 e. The maximum absolute atomic E-state index is 13.0. The Morgan fingerprint density at radius 2 is 1.85 bits per heavy atom. The maximum atomic E-state index is 13.0. The van der Waals surface area contributed by atoms with Gasteiger partial charge in [0.1, 0.15) is 23.9 Å². The van der Waals surface area contributed by atoms with Gasteiger partial charge in [-0.05, 0) is 75.6 Å². The van der Waals surface area contributed by atoms with Crippen LogP contribution in [0.5, 0.6) is 0 Å². The highest BCUT2D eigenvalue weighted by Crippen LogP contribution is 2.80. The van der Waals surface area contributed by atoms with Crippen molar-refractivity contribution in [2.45, 2.75) is 133 Å². The normalized spacial score (nSPS) is 50.1. The smallest absolute Gasteiger partial charge is 0.111 e. The summed E-state index contributed by atoms with van der Waals surface area (Å²) in [6.07, 6.45) is 1.42. The summed E-state index contributed by atoms with van der Waals surface area (Å²) < 4.78 is 21.1. The van der Waals surface area contributed by atoms with E-state index >= 15 is 0 Å². The molecule has 1 spiro atoms. The SMILES string of the molecule is C=C(C)C1OC2CCC3(C)C4(C)c5[nH]c6cc(Cl)c7c8c6c5C(OC(C)(C)C(C)C8(O)C(C)C(=C)C7)C4CCC34OC(C1O)C24CO. The second-order valence-corrected chi connectivity index (χ2v) is 17.9. The first kappa shape index (κ1) is 31.3. The number of rotatable bonds is 2. The van der Waals surface area contributed by atoms with Gasteiger partial charge in [0.25, 0.3) is 0 Å². The van der Waals surface area contributed by atoms with Gasteiger partial charge in [0, 0.05) is 55.8 Å². The van der Waals surface area contributed by atoms with E-state index in [1.54, 1.807) is 0 Å². The first-order valence-electron chi connectivity index (χ1n) is 17.7. The van der Waals surface area contributed by atoms with E-state index in [0.29, 0.717) is 11.4 Å². The van der Waals surface area contributed by atoms with Gasteiger partial charge >= 0.3 is 0 Å². The van der Waals surface area contributed by atoms with Crippen molar-refractivity contribution in [1.82, 2.24) is 4.98 Å². The second kappa shape index (κ2) is 8.95.